The van der Waals surface area contributed by atoms with Gasteiger partial charge in [-0.05, 0) is 35.3 Å². The zero-order valence-corrected chi connectivity index (χ0v) is 16.3. The Morgan fingerprint density at radius 2 is 2.00 bits per heavy atom. The highest BCUT2D eigenvalue weighted by molar-refractivity contribution is 7.99. The summed E-state index contributed by atoms with van der Waals surface area (Å²) in [6.45, 7) is 2.87. The Labute approximate surface area is 163 Å². The Hall–Kier alpha value is -1.93. The lowest BCUT2D eigenvalue weighted by Crippen LogP contribution is -2.38. The number of rotatable bonds is 7. The van der Waals surface area contributed by atoms with Crippen molar-refractivity contribution < 1.29 is 4.79 Å². The van der Waals surface area contributed by atoms with E-state index in [4.69, 9.17) is 0 Å². The number of hydrogen-bond donors (Lipinski definition) is 1. The summed E-state index contributed by atoms with van der Waals surface area (Å²) >= 11 is 1.44. The van der Waals surface area contributed by atoms with Crippen molar-refractivity contribution in [1.29, 1.82) is 0 Å². The molecule has 0 bridgehead atoms. The van der Waals surface area contributed by atoms with Gasteiger partial charge in [0.05, 0.1) is 11.8 Å². The summed E-state index contributed by atoms with van der Waals surface area (Å²) in [4.78, 5) is 14.8. The van der Waals surface area contributed by atoms with Crippen molar-refractivity contribution in [1.82, 2.24) is 30.4 Å². The molecular formula is C19H26N6OS. The average molecular weight is 387 g/mol. The molecule has 2 aromatic rings. The predicted molar refractivity (Wildman–Crippen MR) is 104 cm³/mol. The van der Waals surface area contributed by atoms with Gasteiger partial charge in [0.15, 0.2) is 0 Å². The van der Waals surface area contributed by atoms with Crippen LogP contribution in [0.1, 0.15) is 43.7 Å². The molecule has 1 saturated heterocycles. The van der Waals surface area contributed by atoms with Gasteiger partial charge in [-0.2, -0.15) is 0 Å². The summed E-state index contributed by atoms with van der Waals surface area (Å²) in [5, 5.41) is 16.0. The number of amides is 1. The molecule has 0 unspecified atom stereocenters. The molecule has 4 rings (SSSR count). The van der Waals surface area contributed by atoms with Gasteiger partial charge in [0.2, 0.25) is 11.1 Å². The third kappa shape index (κ3) is 4.87. The highest BCUT2D eigenvalue weighted by Gasteiger charge is 2.25. The highest BCUT2D eigenvalue weighted by Crippen LogP contribution is 2.31. The second-order valence-electron chi connectivity index (χ2n) is 7.41. The first-order valence-electron chi connectivity index (χ1n) is 9.74. The Morgan fingerprint density at radius 1 is 1.19 bits per heavy atom. The minimum Gasteiger partial charge on any atom is -0.351 e. The van der Waals surface area contributed by atoms with E-state index < -0.39 is 0 Å². The van der Waals surface area contributed by atoms with Crippen molar-refractivity contribution in [2.24, 2.45) is 0 Å². The first-order valence-corrected chi connectivity index (χ1v) is 10.7. The van der Waals surface area contributed by atoms with Crippen molar-refractivity contribution in [2.45, 2.75) is 55.9 Å². The van der Waals surface area contributed by atoms with E-state index >= 15 is 0 Å². The molecule has 8 heteroatoms. The van der Waals surface area contributed by atoms with Gasteiger partial charge >= 0.3 is 0 Å². The summed E-state index contributed by atoms with van der Waals surface area (Å²) in [5.41, 5.74) is 1.32. The summed E-state index contributed by atoms with van der Waals surface area (Å²) in [6.07, 6.45) is 5.73. The fourth-order valence-electron chi connectivity index (χ4n) is 3.99. The molecule has 0 radical (unpaired) electrons. The Morgan fingerprint density at radius 3 is 2.81 bits per heavy atom. The van der Waals surface area contributed by atoms with Crippen LogP contribution in [-0.4, -0.2) is 55.9 Å². The number of benzene rings is 1. The van der Waals surface area contributed by atoms with Crippen LogP contribution in [-0.2, 0) is 11.3 Å². The number of likely N-dealkylation sites (tertiary alicyclic amines) is 1. The Kier molecular flexibility index (Phi) is 6.03. The molecule has 144 valence electrons. The average Bonchev–Trinajstić information content (AvgIpc) is 3.42. The van der Waals surface area contributed by atoms with Gasteiger partial charge in [0.25, 0.3) is 0 Å². The SMILES string of the molecule is O=C(CSc1nnnn1C1CCCC1)N[C@H]1CCN(Cc2ccccc2)C1. The van der Waals surface area contributed by atoms with E-state index in [0.29, 0.717) is 11.8 Å². The fourth-order valence-corrected chi connectivity index (χ4v) is 4.75. The van der Waals surface area contributed by atoms with Crippen LogP contribution >= 0.6 is 11.8 Å². The third-order valence-corrected chi connectivity index (χ3v) is 6.29. The summed E-state index contributed by atoms with van der Waals surface area (Å²) < 4.78 is 1.90. The largest absolute Gasteiger partial charge is 0.351 e. The van der Waals surface area contributed by atoms with Crippen LogP contribution in [0.25, 0.3) is 0 Å². The number of tetrazole rings is 1. The molecule has 1 aromatic carbocycles. The molecule has 7 nitrogen and oxygen atoms in total. The zero-order valence-electron chi connectivity index (χ0n) is 15.5. The van der Waals surface area contributed by atoms with Gasteiger partial charge in [0.1, 0.15) is 0 Å². The van der Waals surface area contributed by atoms with Crippen LogP contribution in [0.2, 0.25) is 0 Å². The van der Waals surface area contributed by atoms with Gasteiger partial charge in [-0.1, -0.05) is 54.9 Å². The van der Waals surface area contributed by atoms with Gasteiger partial charge < -0.3 is 5.32 Å². The second-order valence-corrected chi connectivity index (χ2v) is 8.35. The van der Waals surface area contributed by atoms with Crippen molar-refractivity contribution in [3.05, 3.63) is 35.9 Å². The van der Waals surface area contributed by atoms with E-state index in [2.05, 4.69) is 50.0 Å². The molecule has 1 atom stereocenters. The van der Waals surface area contributed by atoms with Gasteiger partial charge in [0, 0.05) is 25.7 Å². The smallest absolute Gasteiger partial charge is 0.230 e. The molecule has 2 fully saturated rings. The summed E-state index contributed by atoms with van der Waals surface area (Å²) in [5.74, 6) is 0.426. The molecule has 27 heavy (non-hydrogen) atoms. The summed E-state index contributed by atoms with van der Waals surface area (Å²) in [6, 6.07) is 11.1. The first-order chi connectivity index (χ1) is 13.3. The Bertz CT molecular complexity index is 746. The molecule has 1 saturated carbocycles. The zero-order chi connectivity index (χ0) is 18.5. The van der Waals surface area contributed by atoms with E-state index in [1.54, 1.807) is 0 Å². The molecule has 1 aliphatic heterocycles. The van der Waals surface area contributed by atoms with E-state index in [0.717, 1.165) is 44.1 Å². The molecule has 1 N–H and O–H groups in total. The minimum atomic E-state index is 0.0625. The fraction of sp³-hybridized carbons (Fsp3) is 0.579. The van der Waals surface area contributed by atoms with Crippen LogP contribution in [0.4, 0.5) is 0 Å². The van der Waals surface area contributed by atoms with Gasteiger partial charge in [-0.25, -0.2) is 4.68 Å². The topological polar surface area (TPSA) is 75.9 Å². The van der Waals surface area contributed by atoms with E-state index in [1.807, 2.05) is 10.7 Å². The van der Waals surface area contributed by atoms with Crippen LogP contribution in [0.3, 0.4) is 0 Å². The molecule has 1 amide bonds. The number of nitrogens with zero attached hydrogens (tertiary/aromatic N) is 5. The van der Waals surface area contributed by atoms with Crippen molar-refractivity contribution in [3.63, 3.8) is 0 Å². The molecule has 1 aliphatic carbocycles. The van der Waals surface area contributed by atoms with Gasteiger partial charge in [-0.3, -0.25) is 9.69 Å². The number of carbonyl (C=O) groups excluding carboxylic acids is 1. The second kappa shape index (κ2) is 8.84. The number of aromatic nitrogens is 4. The standard InChI is InChI=1S/C19H26N6OS/c26-18(14-27-19-21-22-23-25(19)17-8-4-5-9-17)20-16-10-11-24(13-16)12-15-6-2-1-3-7-15/h1-3,6-7,16-17H,4-5,8-14H2,(H,20,26)/t16-/m0/s1. The number of carbonyl (C=O) groups is 1. The monoisotopic (exact) mass is 386 g/mol. The molecule has 2 heterocycles. The van der Waals surface area contributed by atoms with E-state index in [-0.39, 0.29) is 11.9 Å². The maximum absolute atomic E-state index is 12.4. The van der Waals surface area contributed by atoms with Crippen LogP contribution in [0.5, 0.6) is 0 Å². The summed E-state index contributed by atoms with van der Waals surface area (Å²) in [7, 11) is 0. The predicted octanol–water partition coefficient (Wildman–Crippen LogP) is 2.27. The van der Waals surface area contributed by atoms with Crippen molar-refractivity contribution >= 4 is 17.7 Å². The first kappa shape index (κ1) is 18.4. The van der Waals surface area contributed by atoms with Crippen LogP contribution in [0, 0.1) is 0 Å². The normalized spacial score (nSPS) is 21.0. The molecule has 2 aliphatic rings. The van der Waals surface area contributed by atoms with Crippen molar-refractivity contribution in [3.8, 4) is 0 Å². The highest BCUT2D eigenvalue weighted by atomic mass is 32.2. The molecular weight excluding hydrogens is 360 g/mol. The lowest BCUT2D eigenvalue weighted by molar-refractivity contribution is -0.119. The van der Waals surface area contributed by atoms with Crippen LogP contribution < -0.4 is 5.32 Å². The Balaban J connectivity index is 1.22. The number of thioether (sulfide) groups is 1. The van der Waals surface area contributed by atoms with E-state index in [1.165, 1.54) is 30.2 Å². The maximum atomic E-state index is 12.4. The quantitative estimate of drug-likeness (QED) is 0.736. The van der Waals surface area contributed by atoms with Gasteiger partial charge in [-0.15, -0.1) is 5.10 Å². The maximum Gasteiger partial charge on any atom is 0.230 e. The molecule has 0 spiro atoms. The number of nitrogens with one attached hydrogen (secondary N) is 1. The minimum absolute atomic E-state index is 0.0625. The lowest BCUT2D eigenvalue weighted by atomic mass is 10.2. The van der Waals surface area contributed by atoms with Crippen LogP contribution in [0.15, 0.2) is 35.5 Å². The van der Waals surface area contributed by atoms with Crippen molar-refractivity contribution in [2.75, 3.05) is 18.8 Å². The lowest BCUT2D eigenvalue weighted by Gasteiger charge is -2.17. The molecule has 1 aromatic heterocycles. The van der Waals surface area contributed by atoms with E-state index in [9.17, 15) is 4.79 Å². The third-order valence-electron chi connectivity index (χ3n) is 5.35. The number of hydrogen-bond acceptors (Lipinski definition) is 6.